The predicted molar refractivity (Wildman–Crippen MR) is 51.9 cm³/mol. The second kappa shape index (κ2) is 6.31. The molecule has 0 atom stereocenters. The zero-order valence-corrected chi connectivity index (χ0v) is 10.1. The third-order valence-electron chi connectivity index (χ3n) is 0.845. The molecule has 0 fully saturated rings. The molecule has 0 aromatic rings. The quantitative estimate of drug-likeness (QED) is 0.525. The zero-order chi connectivity index (χ0) is 7.28. The molecular formula is C3H8Cl4Si2. The molecule has 0 heterocycles. The average Bonchev–Trinajstić information content (AvgIpc) is 1.63. The second-order valence-corrected chi connectivity index (χ2v) is 12.1. The van der Waals surface area contributed by atoms with Crippen LogP contribution in [0.15, 0.2) is 0 Å². The van der Waals surface area contributed by atoms with Gasteiger partial charge in [-0.15, -0.1) is 0 Å². The number of hydrogen-bond acceptors (Lipinski definition) is 0. The summed E-state index contributed by atoms with van der Waals surface area (Å²) in [7, 11) is -2.76. The van der Waals surface area contributed by atoms with Crippen molar-refractivity contribution in [3.63, 3.8) is 0 Å². The van der Waals surface area contributed by atoms with Crippen molar-refractivity contribution in [2.75, 3.05) is 0 Å². The standard InChI is InChI=1S/C3H8Cl4Si2/c4-8(5)2-1-3-9(6)7/h8-9H,1-3H2. The Labute approximate surface area is 77.5 Å². The molecule has 0 spiro atoms. The molecule has 0 aromatic heterocycles. The first-order valence-corrected chi connectivity index (χ1v) is 11.3. The molecule has 56 valence electrons. The molecule has 0 aliphatic heterocycles. The lowest BCUT2D eigenvalue weighted by Crippen LogP contribution is -1.96. The summed E-state index contributed by atoms with van der Waals surface area (Å²) in [6, 6.07) is 1.87. The number of halogens is 4. The van der Waals surface area contributed by atoms with E-state index in [1.165, 1.54) is 0 Å². The van der Waals surface area contributed by atoms with Gasteiger partial charge in [0.25, 0.3) is 0 Å². The Bertz CT molecular complexity index is 58.8. The van der Waals surface area contributed by atoms with E-state index in [0.29, 0.717) is 0 Å². The SMILES string of the molecule is Cl[SiH](Cl)CCC[SiH](Cl)Cl. The van der Waals surface area contributed by atoms with Gasteiger partial charge in [-0.3, -0.25) is 0 Å². The van der Waals surface area contributed by atoms with Gasteiger partial charge in [0, 0.05) is 0 Å². The molecule has 0 radical (unpaired) electrons. The smallest absolute Gasteiger partial charge is 0.150 e. The highest BCUT2D eigenvalue weighted by Gasteiger charge is 2.05. The van der Waals surface area contributed by atoms with Crippen molar-refractivity contribution in [1.82, 2.24) is 0 Å². The van der Waals surface area contributed by atoms with E-state index < -0.39 is 14.8 Å². The van der Waals surface area contributed by atoms with Gasteiger partial charge in [0.2, 0.25) is 14.8 Å². The maximum absolute atomic E-state index is 5.59. The highest BCUT2D eigenvalue weighted by atomic mass is 35.7. The first-order valence-electron chi connectivity index (χ1n) is 2.69. The Kier molecular flexibility index (Phi) is 7.43. The van der Waals surface area contributed by atoms with E-state index in [2.05, 4.69) is 0 Å². The summed E-state index contributed by atoms with van der Waals surface area (Å²) in [4.78, 5) is 0. The van der Waals surface area contributed by atoms with Crippen LogP contribution in [0.1, 0.15) is 6.42 Å². The Morgan fingerprint density at radius 3 is 1.33 bits per heavy atom. The summed E-state index contributed by atoms with van der Waals surface area (Å²) in [5.41, 5.74) is 0. The summed E-state index contributed by atoms with van der Waals surface area (Å²) >= 11 is 22.4. The normalized spacial score (nSPS) is 11.3. The van der Waals surface area contributed by atoms with Crippen LogP contribution in [0, 0.1) is 0 Å². The highest BCUT2D eigenvalue weighted by Crippen LogP contribution is 2.13. The van der Waals surface area contributed by atoms with Gasteiger partial charge in [0.05, 0.1) is 0 Å². The summed E-state index contributed by atoms with van der Waals surface area (Å²) < 4.78 is 0. The lowest BCUT2D eigenvalue weighted by Gasteiger charge is -1.97. The van der Waals surface area contributed by atoms with Crippen LogP contribution in [-0.2, 0) is 0 Å². The summed E-state index contributed by atoms with van der Waals surface area (Å²) in [5.74, 6) is 0. The monoisotopic (exact) mass is 240 g/mol. The van der Waals surface area contributed by atoms with Gasteiger partial charge in [-0.2, -0.15) is 44.3 Å². The first kappa shape index (κ1) is 10.6. The van der Waals surface area contributed by atoms with Crippen molar-refractivity contribution in [2.45, 2.75) is 18.5 Å². The minimum atomic E-state index is -1.38. The van der Waals surface area contributed by atoms with Gasteiger partial charge in [0.15, 0.2) is 0 Å². The van der Waals surface area contributed by atoms with Crippen molar-refractivity contribution in [2.24, 2.45) is 0 Å². The fraction of sp³-hybridized carbons (Fsp3) is 1.00. The minimum Gasteiger partial charge on any atom is -0.150 e. The average molecular weight is 242 g/mol. The van der Waals surface area contributed by atoms with Crippen LogP contribution in [0.5, 0.6) is 0 Å². The molecule has 0 saturated heterocycles. The molecule has 0 rings (SSSR count). The van der Waals surface area contributed by atoms with Crippen LogP contribution < -0.4 is 0 Å². The fourth-order valence-corrected chi connectivity index (χ4v) is 3.84. The lowest BCUT2D eigenvalue weighted by atomic mass is 10.6. The molecule has 0 aromatic carbocycles. The van der Waals surface area contributed by atoms with E-state index in [1.54, 1.807) is 0 Å². The number of hydrogen-bond donors (Lipinski definition) is 0. The van der Waals surface area contributed by atoms with Gasteiger partial charge < -0.3 is 0 Å². The van der Waals surface area contributed by atoms with Crippen molar-refractivity contribution < 1.29 is 0 Å². The van der Waals surface area contributed by atoms with E-state index in [1.807, 2.05) is 0 Å². The molecular weight excluding hydrogens is 234 g/mol. The molecule has 0 amide bonds. The lowest BCUT2D eigenvalue weighted by molar-refractivity contribution is 1.07. The van der Waals surface area contributed by atoms with E-state index in [-0.39, 0.29) is 0 Å². The molecule has 6 heteroatoms. The Hall–Kier alpha value is 1.59. The van der Waals surface area contributed by atoms with Crippen LogP contribution >= 0.6 is 44.3 Å². The van der Waals surface area contributed by atoms with Crippen molar-refractivity contribution in [3.05, 3.63) is 0 Å². The topological polar surface area (TPSA) is 0 Å². The van der Waals surface area contributed by atoms with Gasteiger partial charge >= 0.3 is 0 Å². The van der Waals surface area contributed by atoms with Crippen molar-refractivity contribution in [3.8, 4) is 0 Å². The molecule has 0 N–H and O–H groups in total. The molecule has 0 saturated carbocycles. The molecule has 0 aliphatic carbocycles. The van der Waals surface area contributed by atoms with Gasteiger partial charge in [-0.1, -0.05) is 6.42 Å². The maximum atomic E-state index is 5.59. The highest BCUT2D eigenvalue weighted by molar-refractivity contribution is 7.34. The van der Waals surface area contributed by atoms with E-state index >= 15 is 0 Å². The van der Waals surface area contributed by atoms with Crippen LogP contribution in [0.25, 0.3) is 0 Å². The summed E-state index contributed by atoms with van der Waals surface area (Å²) in [5, 5.41) is 0. The van der Waals surface area contributed by atoms with Crippen LogP contribution in [-0.4, -0.2) is 14.8 Å². The molecule has 0 nitrogen and oxygen atoms in total. The maximum Gasteiger partial charge on any atom is 0.237 e. The largest absolute Gasteiger partial charge is 0.237 e. The molecule has 0 bridgehead atoms. The second-order valence-electron chi connectivity index (χ2n) is 1.71. The minimum absolute atomic E-state index is 0.937. The molecule has 9 heavy (non-hydrogen) atoms. The van der Waals surface area contributed by atoms with Crippen LogP contribution in [0.3, 0.4) is 0 Å². The Morgan fingerprint density at radius 2 is 1.11 bits per heavy atom. The summed E-state index contributed by atoms with van der Waals surface area (Å²) in [6.07, 6.45) is 1.01. The molecule has 0 aliphatic rings. The number of rotatable bonds is 4. The van der Waals surface area contributed by atoms with Gasteiger partial charge in [0.1, 0.15) is 0 Å². The zero-order valence-electron chi connectivity index (χ0n) is 4.79. The Balaban J connectivity index is 2.91. The molecule has 0 unspecified atom stereocenters. The predicted octanol–water partition coefficient (Wildman–Crippen LogP) is 2.77. The van der Waals surface area contributed by atoms with Gasteiger partial charge in [-0.05, 0) is 12.1 Å². The third kappa shape index (κ3) is 9.59. The van der Waals surface area contributed by atoms with Crippen LogP contribution in [0.2, 0.25) is 12.1 Å². The van der Waals surface area contributed by atoms with Crippen LogP contribution in [0.4, 0.5) is 0 Å². The van der Waals surface area contributed by atoms with E-state index in [4.69, 9.17) is 44.3 Å². The first-order chi connectivity index (χ1) is 4.13. The fourth-order valence-electron chi connectivity index (χ4n) is 0.426. The van der Waals surface area contributed by atoms with Crippen molar-refractivity contribution in [1.29, 1.82) is 0 Å². The Morgan fingerprint density at radius 1 is 0.778 bits per heavy atom. The van der Waals surface area contributed by atoms with Crippen molar-refractivity contribution >= 4 is 59.1 Å². The van der Waals surface area contributed by atoms with E-state index in [0.717, 1.165) is 18.5 Å². The van der Waals surface area contributed by atoms with E-state index in [9.17, 15) is 0 Å². The summed E-state index contributed by atoms with van der Waals surface area (Å²) in [6.45, 7) is 0. The van der Waals surface area contributed by atoms with Gasteiger partial charge in [-0.25, -0.2) is 0 Å². The third-order valence-corrected chi connectivity index (χ3v) is 5.15.